The van der Waals surface area contributed by atoms with Gasteiger partial charge in [0.05, 0.1) is 5.60 Å². The Balaban J connectivity index is 2.03. The van der Waals surface area contributed by atoms with Crippen LogP contribution < -0.4 is 5.32 Å². The molecule has 0 amide bonds. The Morgan fingerprint density at radius 3 is 2.38 bits per heavy atom. The highest BCUT2D eigenvalue weighted by molar-refractivity contribution is 4.97. The highest BCUT2D eigenvalue weighted by Crippen LogP contribution is 2.40. The van der Waals surface area contributed by atoms with Gasteiger partial charge in [-0.15, -0.1) is 0 Å². The first-order chi connectivity index (χ1) is 10.2. The van der Waals surface area contributed by atoms with Crippen LogP contribution in [-0.4, -0.2) is 38.0 Å². The normalized spacial score (nSPS) is 33.0. The molecule has 0 aromatic carbocycles. The van der Waals surface area contributed by atoms with Crippen molar-refractivity contribution in [2.75, 3.05) is 26.4 Å². The Morgan fingerprint density at radius 1 is 1.14 bits per heavy atom. The van der Waals surface area contributed by atoms with Crippen LogP contribution in [0.4, 0.5) is 0 Å². The van der Waals surface area contributed by atoms with Gasteiger partial charge in [0.15, 0.2) is 0 Å². The van der Waals surface area contributed by atoms with E-state index in [-0.39, 0.29) is 5.60 Å². The summed E-state index contributed by atoms with van der Waals surface area (Å²) in [6.45, 7) is 10.5. The molecule has 3 heteroatoms. The van der Waals surface area contributed by atoms with Crippen molar-refractivity contribution < 1.29 is 9.47 Å². The van der Waals surface area contributed by atoms with E-state index < -0.39 is 0 Å². The molecule has 1 unspecified atom stereocenters. The summed E-state index contributed by atoms with van der Waals surface area (Å²) >= 11 is 0. The molecule has 2 rings (SSSR count). The lowest BCUT2D eigenvalue weighted by Gasteiger charge is -2.46. The van der Waals surface area contributed by atoms with E-state index in [0.29, 0.717) is 6.04 Å². The second-order valence-corrected chi connectivity index (χ2v) is 7.08. The molecule has 1 saturated carbocycles. The van der Waals surface area contributed by atoms with E-state index in [0.717, 1.165) is 38.2 Å². The Hall–Kier alpha value is -0.120. The van der Waals surface area contributed by atoms with Crippen LogP contribution in [0.2, 0.25) is 0 Å². The first-order valence-corrected chi connectivity index (χ1v) is 9.15. The highest BCUT2D eigenvalue weighted by atomic mass is 16.5. The fraction of sp³-hybridized carbons (Fsp3) is 1.00. The summed E-state index contributed by atoms with van der Waals surface area (Å²) in [6, 6.07) is 0.512. The third-order valence-electron chi connectivity index (χ3n) is 5.55. The molecule has 124 valence electrons. The minimum atomic E-state index is 0.0789. The molecule has 0 spiro atoms. The Kier molecular flexibility index (Phi) is 6.97. The van der Waals surface area contributed by atoms with Crippen LogP contribution in [0.25, 0.3) is 0 Å². The van der Waals surface area contributed by atoms with Crippen LogP contribution in [0.5, 0.6) is 0 Å². The number of hydrogen-bond acceptors (Lipinski definition) is 3. The van der Waals surface area contributed by atoms with Gasteiger partial charge >= 0.3 is 0 Å². The van der Waals surface area contributed by atoms with E-state index in [1.165, 1.54) is 44.9 Å². The molecule has 1 atom stereocenters. The monoisotopic (exact) mass is 297 g/mol. The summed E-state index contributed by atoms with van der Waals surface area (Å²) in [6.07, 6.45) is 8.78. The van der Waals surface area contributed by atoms with Crippen molar-refractivity contribution in [3.63, 3.8) is 0 Å². The van der Waals surface area contributed by atoms with E-state index in [2.05, 4.69) is 26.1 Å². The molecule has 0 radical (unpaired) electrons. The maximum atomic E-state index is 6.38. The van der Waals surface area contributed by atoms with Crippen molar-refractivity contribution in [3.8, 4) is 0 Å². The van der Waals surface area contributed by atoms with Gasteiger partial charge in [0.25, 0.3) is 0 Å². The summed E-state index contributed by atoms with van der Waals surface area (Å²) < 4.78 is 11.9. The zero-order chi connectivity index (χ0) is 15.1. The molecule has 0 bridgehead atoms. The van der Waals surface area contributed by atoms with Crippen molar-refractivity contribution in [1.82, 2.24) is 5.32 Å². The van der Waals surface area contributed by atoms with E-state index in [4.69, 9.17) is 9.47 Å². The smallest absolute Gasteiger partial charge is 0.0834 e. The largest absolute Gasteiger partial charge is 0.381 e. The average Bonchev–Trinajstić information content (AvgIpc) is 2.51. The molecule has 1 N–H and O–H groups in total. The molecule has 0 aromatic rings. The van der Waals surface area contributed by atoms with E-state index in [1.54, 1.807) is 0 Å². The minimum absolute atomic E-state index is 0.0789. The summed E-state index contributed by atoms with van der Waals surface area (Å²) in [4.78, 5) is 0. The first kappa shape index (κ1) is 17.2. The van der Waals surface area contributed by atoms with Crippen molar-refractivity contribution in [2.24, 2.45) is 11.8 Å². The molecule has 0 aromatic heterocycles. The quantitative estimate of drug-likeness (QED) is 0.776. The maximum absolute atomic E-state index is 6.38. The van der Waals surface area contributed by atoms with E-state index in [9.17, 15) is 0 Å². The molecule has 1 aliphatic carbocycles. The molecule has 1 saturated heterocycles. The van der Waals surface area contributed by atoms with Crippen molar-refractivity contribution in [2.45, 2.75) is 77.4 Å². The predicted octanol–water partition coefficient (Wildman–Crippen LogP) is 3.77. The number of hydrogen-bond donors (Lipinski definition) is 1. The van der Waals surface area contributed by atoms with Crippen LogP contribution in [0.3, 0.4) is 0 Å². The fourth-order valence-electron chi connectivity index (χ4n) is 4.18. The fourth-order valence-corrected chi connectivity index (χ4v) is 4.18. The summed E-state index contributed by atoms with van der Waals surface area (Å²) in [5.41, 5.74) is 0.0789. The second kappa shape index (κ2) is 8.50. The molecular weight excluding hydrogens is 262 g/mol. The number of rotatable bonds is 7. The van der Waals surface area contributed by atoms with Gasteiger partial charge in [-0.1, -0.05) is 13.8 Å². The first-order valence-electron chi connectivity index (χ1n) is 9.15. The summed E-state index contributed by atoms with van der Waals surface area (Å²) in [5, 5.41) is 3.77. The van der Waals surface area contributed by atoms with Gasteiger partial charge in [-0.05, 0) is 70.3 Å². The molecule has 2 aliphatic rings. The Labute approximate surface area is 131 Å². The Morgan fingerprint density at radius 2 is 1.81 bits per heavy atom. The van der Waals surface area contributed by atoms with Crippen LogP contribution in [0, 0.1) is 11.8 Å². The summed E-state index contributed by atoms with van der Waals surface area (Å²) in [5.74, 6) is 1.67. The third-order valence-corrected chi connectivity index (χ3v) is 5.55. The second-order valence-electron chi connectivity index (χ2n) is 7.08. The Bertz CT molecular complexity index is 281. The van der Waals surface area contributed by atoms with Gasteiger partial charge in [0.2, 0.25) is 0 Å². The van der Waals surface area contributed by atoms with Crippen molar-refractivity contribution in [1.29, 1.82) is 0 Å². The van der Waals surface area contributed by atoms with Crippen LogP contribution >= 0.6 is 0 Å². The lowest BCUT2D eigenvalue weighted by molar-refractivity contribution is -0.102. The molecule has 21 heavy (non-hydrogen) atoms. The minimum Gasteiger partial charge on any atom is -0.381 e. The van der Waals surface area contributed by atoms with Crippen molar-refractivity contribution >= 4 is 0 Å². The number of likely N-dealkylation sites (N-methyl/N-ethyl adjacent to an activating group) is 1. The maximum Gasteiger partial charge on any atom is 0.0834 e. The number of ether oxygens (including phenoxy) is 2. The predicted molar refractivity (Wildman–Crippen MR) is 87.6 cm³/mol. The highest BCUT2D eigenvalue weighted by Gasteiger charge is 2.42. The number of nitrogens with one attached hydrogen (secondary N) is 1. The average molecular weight is 297 g/mol. The van der Waals surface area contributed by atoms with Gasteiger partial charge in [-0.2, -0.15) is 0 Å². The third kappa shape index (κ3) is 4.67. The molecular formula is C18H35NO2. The lowest BCUT2D eigenvalue weighted by Crippen LogP contribution is -2.55. The topological polar surface area (TPSA) is 30.5 Å². The standard InChI is InChI=1S/C18H35NO2/c1-4-19-17(14-16-8-12-20-13-9-16)18(21-5-2)10-6-15(3)7-11-18/h15-17,19H,4-14H2,1-3H3. The van der Waals surface area contributed by atoms with Gasteiger partial charge in [-0.3, -0.25) is 0 Å². The molecule has 1 aliphatic heterocycles. The van der Waals surface area contributed by atoms with E-state index in [1.807, 2.05) is 0 Å². The van der Waals surface area contributed by atoms with Crippen molar-refractivity contribution in [3.05, 3.63) is 0 Å². The van der Waals surface area contributed by atoms with E-state index >= 15 is 0 Å². The van der Waals surface area contributed by atoms with Gasteiger partial charge in [0.1, 0.15) is 0 Å². The molecule has 1 heterocycles. The SMILES string of the molecule is CCNC(CC1CCOCC1)C1(OCC)CCC(C)CC1. The molecule has 3 nitrogen and oxygen atoms in total. The van der Waals surface area contributed by atoms with Crippen LogP contribution in [0.1, 0.15) is 65.7 Å². The van der Waals surface area contributed by atoms with Gasteiger partial charge in [0, 0.05) is 25.9 Å². The van der Waals surface area contributed by atoms with Gasteiger partial charge in [-0.25, -0.2) is 0 Å². The van der Waals surface area contributed by atoms with Gasteiger partial charge < -0.3 is 14.8 Å². The zero-order valence-electron chi connectivity index (χ0n) is 14.3. The van der Waals surface area contributed by atoms with Crippen LogP contribution in [0.15, 0.2) is 0 Å². The zero-order valence-corrected chi connectivity index (χ0v) is 14.3. The summed E-state index contributed by atoms with van der Waals surface area (Å²) in [7, 11) is 0. The lowest BCUT2D eigenvalue weighted by atomic mass is 9.72. The molecule has 2 fully saturated rings. The van der Waals surface area contributed by atoms with Crippen LogP contribution in [-0.2, 0) is 9.47 Å².